The topological polar surface area (TPSA) is 87.4 Å². The lowest BCUT2D eigenvalue weighted by molar-refractivity contribution is -0.385. The molecule has 1 aromatic heterocycles. The van der Waals surface area contributed by atoms with Crippen LogP contribution < -0.4 is 9.47 Å². The number of rotatable bonds is 6. The van der Waals surface area contributed by atoms with Gasteiger partial charge in [-0.3, -0.25) is 10.1 Å². The van der Waals surface area contributed by atoms with Crippen molar-refractivity contribution in [3.63, 3.8) is 0 Å². The zero-order chi connectivity index (χ0) is 18.5. The van der Waals surface area contributed by atoms with Gasteiger partial charge >= 0.3 is 0 Å². The van der Waals surface area contributed by atoms with Crippen LogP contribution in [0.1, 0.15) is 11.3 Å². The Kier molecular flexibility index (Phi) is 5.43. The molecule has 1 heterocycles. The number of ether oxygens (including phenoxy) is 2. The lowest BCUT2D eigenvalue weighted by Crippen LogP contribution is -2.02. The Labute approximate surface area is 157 Å². The number of aryl methyl sites for hydroxylation is 1. The van der Waals surface area contributed by atoms with Crippen molar-refractivity contribution < 1.29 is 14.4 Å². The van der Waals surface area contributed by atoms with E-state index in [-0.39, 0.29) is 17.3 Å². The quantitative estimate of drug-likeness (QED) is 0.423. The van der Waals surface area contributed by atoms with Gasteiger partial charge in [-0.25, -0.2) is 4.98 Å². The molecule has 0 fully saturated rings. The summed E-state index contributed by atoms with van der Waals surface area (Å²) in [5, 5.41) is 11.1. The maximum atomic E-state index is 11.1. The zero-order valence-electron chi connectivity index (χ0n) is 13.8. The summed E-state index contributed by atoms with van der Waals surface area (Å²) in [5.41, 5.74) is 1.50. The first kappa shape index (κ1) is 17.8. The van der Waals surface area contributed by atoms with Gasteiger partial charge in [0, 0.05) is 0 Å². The molecule has 8 heteroatoms. The summed E-state index contributed by atoms with van der Waals surface area (Å²) in [6, 6.07) is 14.1. The van der Waals surface area contributed by atoms with E-state index in [0.717, 1.165) is 5.56 Å². The van der Waals surface area contributed by atoms with Gasteiger partial charge in [0.05, 0.1) is 21.2 Å². The van der Waals surface area contributed by atoms with Crippen molar-refractivity contribution in [1.29, 1.82) is 0 Å². The summed E-state index contributed by atoms with van der Waals surface area (Å²) in [7, 11) is 0. The molecular weight excluding hydrogens is 402 g/mol. The van der Waals surface area contributed by atoms with Crippen LogP contribution in [0.2, 0.25) is 0 Å². The largest absolute Gasteiger partial charge is 0.482 e. The summed E-state index contributed by atoms with van der Waals surface area (Å²) in [6.07, 6.45) is 1.35. The molecule has 7 nitrogen and oxygen atoms in total. The standard InChI is InChI=1S/C18H14BrN3O4/c1-12-17(25-10-13-5-3-2-4-6-13)18(21-11-20-12)26-14-7-8-15(19)16(9-14)22(23)24/h2-9,11H,10H2,1H3. The molecule has 26 heavy (non-hydrogen) atoms. The van der Waals surface area contributed by atoms with Crippen LogP contribution in [0.25, 0.3) is 0 Å². The molecule has 2 aromatic carbocycles. The highest BCUT2D eigenvalue weighted by atomic mass is 79.9. The summed E-state index contributed by atoms with van der Waals surface area (Å²) >= 11 is 3.15. The molecule has 132 valence electrons. The number of nitro benzene ring substituents is 1. The normalized spacial score (nSPS) is 10.4. The van der Waals surface area contributed by atoms with E-state index >= 15 is 0 Å². The first-order valence-corrected chi connectivity index (χ1v) is 8.44. The van der Waals surface area contributed by atoms with Crippen LogP contribution in [0.4, 0.5) is 5.69 Å². The molecule has 3 rings (SSSR count). The van der Waals surface area contributed by atoms with Gasteiger partial charge in [0.15, 0.2) is 0 Å². The Hall–Kier alpha value is -3.00. The minimum atomic E-state index is -0.491. The van der Waals surface area contributed by atoms with Crippen LogP contribution in [0.5, 0.6) is 17.4 Å². The van der Waals surface area contributed by atoms with E-state index in [0.29, 0.717) is 22.5 Å². The van der Waals surface area contributed by atoms with Crippen molar-refractivity contribution in [3.8, 4) is 17.4 Å². The Morgan fingerprint density at radius 3 is 2.65 bits per heavy atom. The molecule has 0 amide bonds. The number of benzene rings is 2. The van der Waals surface area contributed by atoms with Crippen molar-refractivity contribution in [1.82, 2.24) is 9.97 Å². The summed E-state index contributed by atoms with van der Waals surface area (Å²) in [5.74, 6) is 0.870. The molecule has 0 aliphatic rings. The van der Waals surface area contributed by atoms with Gasteiger partial charge in [-0.2, -0.15) is 4.98 Å². The SMILES string of the molecule is Cc1ncnc(Oc2ccc(Br)c([N+](=O)[O-])c2)c1OCc1ccccc1. The molecule has 0 saturated heterocycles. The van der Waals surface area contributed by atoms with Crippen molar-refractivity contribution >= 4 is 21.6 Å². The van der Waals surface area contributed by atoms with E-state index in [9.17, 15) is 10.1 Å². The van der Waals surface area contributed by atoms with E-state index in [1.54, 1.807) is 19.1 Å². The van der Waals surface area contributed by atoms with E-state index in [1.165, 1.54) is 12.4 Å². The highest BCUT2D eigenvalue weighted by molar-refractivity contribution is 9.10. The van der Waals surface area contributed by atoms with Crippen LogP contribution >= 0.6 is 15.9 Å². The lowest BCUT2D eigenvalue weighted by atomic mass is 10.2. The van der Waals surface area contributed by atoms with E-state index in [1.807, 2.05) is 30.3 Å². The third-order valence-electron chi connectivity index (χ3n) is 3.50. The van der Waals surface area contributed by atoms with Crippen LogP contribution in [0.3, 0.4) is 0 Å². The van der Waals surface area contributed by atoms with Crippen molar-refractivity contribution in [2.45, 2.75) is 13.5 Å². The lowest BCUT2D eigenvalue weighted by Gasteiger charge is -2.13. The molecule has 0 aliphatic heterocycles. The molecule has 0 saturated carbocycles. The van der Waals surface area contributed by atoms with E-state index < -0.39 is 4.92 Å². The third kappa shape index (κ3) is 4.15. The second-order valence-electron chi connectivity index (χ2n) is 5.34. The number of aromatic nitrogens is 2. The zero-order valence-corrected chi connectivity index (χ0v) is 15.3. The molecule has 0 aliphatic carbocycles. The average molecular weight is 416 g/mol. The molecule has 0 atom stereocenters. The molecule has 0 spiro atoms. The predicted molar refractivity (Wildman–Crippen MR) is 98.4 cm³/mol. The maximum Gasteiger partial charge on any atom is 0.287 e. The minimum absolute atomic E-state index is 0.0972. The van der Waals surface area contributed by atoms with Gasteiger partial charge in [0.25, 0.3) is 11.6 Å². The van der Waals surface area contributed by atoms with Gasteiger partial charge in [0.1, 0.15) is 18.7 Å². The van der Waals surface area contributed by atoms with Gasteiger partial charge < -0.3 is 9.47 Å². The second-order valence-corrected chi connectivity index (χ2v) is 6.19. The molecular formula is C18H14BrN3O4. The Morgan fingerprint density at radius 2 is 1.92 bits per heavy atom. The smallest absolute Gasteiger partial charge is 0.287 e. The van der Waals surface area contributed by atoms with Crippen molar-refractivity contribution in [2.24, 2.45) is 0 Å². The van der Waals surface area contributed by atoms with Crippen LogP contribution in [-0.4, -0.2) is 14.9 Å². The molecule has 0 radical (unpaired) electrons. The van der Waals surface area contributed by atoms with Crippen LogP contribution in [-0.2, 0) is 6.61 Å². The third-order valence-corrected chi connectivity index (χ3v) is 4.17. The van der Waals surface area contributed by atoms with Gasteiger partial charge in [-0.1, -0.05) is 30.3 Å². The molecule has 0 unspecified atom stereocenters. The molecule has 0 bridgehead atoms. The Balaban J connectivity index is 1.85. The fraction of sp³-hybridized carbons (Fsp3) is 0.111. The number of hydrogen-bond acceptors (Lipinski definition) is 6. The van der Waals surface area contributed by atoms with Crippen molar-refractivity contribution in [3.05, 3.63) is 80.7 Å². The monoisotopic (exact) mass is 415 g/mol. The number of nitro groups is 1. The summed E-state index contributed by atoms with van der Waals surface area (Å²) in [6.45, 7) is 2.10. The molecule has 3 aromatic rings. The second kappa shape index (κ2) is 7.92. The van der Waals surface area contributed by atoms with Crippen LogP contribution in [0, 0.1) is 17.0 Å². The number of hydrogen-bond donors (Lipinski definition) is 0. The maximum absolute atomic E-state index is 11.1. The number of nitrogens with zero attached hydrogens (tertiary/aromatic N) is 3. The Bertz CT molecular complexity index is 935. The van der Waals surface area contributed by atoms with E-state index in [4.69, 9.17) is 9.47 Å². The van der Waals surface area contributed by atoms with Crippen LogP contribution in [0.15, 0.2) is 59.3 Å². The van der Waals surface area contributed by atoms with Gasteiger partial charge in [0.2, 0.25) is 5.75 Å². The van der Waals surface area contributed by atoms with E-state index in [2.05, 4.69) is 25.9 Å². The first-order chi connectivity index (χ1) is 12.5. The highest BCUT2D eigenvalue weighted by Gasteiger charge is 2.17. The van der Waals surface area contributed by atoms with Crippen molar-refractivity contribution in [2.75, 3.05) is 0 Å². The summed E-state index contributed by atoms with van der Waals surface area (Å²) < 4.78 is 11.9. The number of halogens is 1. The average Bonchev–Trinajstić information content (AvgIpc) is 2.63. The minimum Gasteiger partial charge on any atom is -0.482 e. The first-order valence-electron chi connectivity index (χ1n) is 7.64. The predicted octanol–water partition coefficient (Wildman–Crippen LogP) is 4.83. The fourth-order valence-electron chi connectivity index (χ4n) is 2.22. The van der Waals surface area contributed by atoms with Gasteiger partial charge in [-0.15, -0.1) is 0 Å². The highest BCUT2D eigenvalue weighted by Crippen LogP contribution is 2.35. The summed E-state index contributed by atoms with van der Waals surface area (Å²) in [4.78, 5) is 18.8. The molecule has 0 N–H and O–H groups in total. The Morgan fingerprint density at radius 1 is 1.15 bits per heavy atom. The fourth-order valence-corrected chi connectivity index (χ4v) is 2.61. The van der Waals surface area contributed by atoms with Gasteiger partial charge in [-0.05, 0) is 40.5 Å².